The molecule has 1 N–H and O–H groups in total. The maximum atomic E-state index is 12.2. The van der Waals surface area contributed by atoms with E-state index in [1.54, 1.807) is 13.0 Å². The minimum absolute atomic E-state index is 0.168. The molecule has 1 aromatic carbocycles. The van der Waals surface area contributed by atoms with E-state index in [4.69, 9.17) is 4.52 Å². The van der Waals surface area contributed by atoms with Gasteiger partial charge in [-0.1, -0.05) is 16.9 Å². The third-order valence-electron chi connectivity index (χ3n) is 4.51. The zero-order valence-corrected chi connectivity index (χ0v) is 18.0. The van der Waals surface area contributed by atoms with Crippen LogP contribution in [0.25, 0.3) is 11.4 Å². The van der Waals surface area contributed by atoms with E-state index in [2.05, 4.69) is 63.7 Å². The summed E-state index contributed by atoms with van der Waals surface area (Å²) in [5.41, 5.74) is 2.19. The fraction of sp³-hybridized carbons (Fsp3) is 0.400. The van der Waals surface area contributed by atoms with Crippen LogP contribution in [0.1, 0.15) is 26.5 Å². The van der Waals surface area contributed by atoms with Crippen LogP contribution in [0.5, 0.6) is 0 Å². The first-order valence-electron chi connectivity index (χ1n) is 9.70. The van der Waals surface area contributed by atoms with Crippen molar-refractivity contribution in [2.75, 3.05) is 29.1 Å². The van der Waals surface area contributed by atoms with Gasteiger partial charge in [-0.05, 0) is 52.0 Å². The summed E-state index contributed by atoms with van der Waals surface area (Å²) < 4.78 is 6.97. The van der Waals surface area contributed by atoms with Gasteiger partial charge in [-0.2, -0.15) is 0 Å². The molecule has 0 aliphatic rings. The monoisotopic (exact) mass is 414 g/mol. The fourth-order valence-electron chi connectivity index (χ4n) is 3.04. The molecule has 2 aromatic heterocycles. The molecule has 3 rings (SSSR count). The number of amides is 1. The lowest BCUT2D eigenvalue weighted by atomic mass is 10.2. The maximum Gasteiger partial charge on any atom is 0.236 e. The Morgan fingerprint density at radius 3 is 2.48 bits per heavy atom. The Hall–Kier alpha value is -2.81. The van der Waals surface area contributed by atoms with Gasteiger partial charge in [-0.3, -0.25) is 4.79 Å². The first-order chi connectivity index (χ1) is 14.0. The molecule has 0 aliphatic carbocycles. The molecule has 0 saturated carbocycles. The molecule has 154 valence electrons. The van der Waals surface area contributed by atoms with Crippen molar-refractivity contribution in [3.8, 4) is 11.4 Å². The van der Waals surface area contributed by atoms with Gasteiger partial charge in [0.25, 0.3) is 0 Å². The molecule has 0 saturated heterocycles. The van der Waals surface area contributed by atoms with Crippen molar-refractivity contribution >= 4 is 29.2 Å². The number of hydrogen-bond acceptors (Lipinski definition) is 7. The van der Waals surface area contributed by atoms with Crippen LogP contribution in [0.2, 0.25) is 0 Å². The Kier molecular flexibility index (Phi) is 6.92. The SMILES string of the molecule is CCN(CC)c1ccc(-c2nnc(SCC(=O)Nc3cc(C)on3)n2CC)cc1. The Morgan fingerprint density at radius 1 is 1.17 bits per heavy atom. The van der Waals surface area contributed by atoms with Gasteiger partial charge in [0.1, 0.15) is 5.76 Å². The Balaban J connectivity index is 1.69. The molecule has 2 heterocycles. The number of rotatable bonds is 9. The highest BCUT2D eigenvalue weighted by Gasteiger charge is 2.15. The largest absolute Gasteiger partial charge is 0.372 e. The Labute approximate surface area is 174 Å². The fourth-order valence-corrected chi connectivity index (χ4v) is 3.84. The van der Waals surface area contributed by atoms with E-state index >= 15 is 0 Å². The van der Waals surface area contributed by atoms with E-state index in [1.165, 1.54) is 17.4 Å². The molecule has 1 amide bonds. The lowest BCUT2D eigenvalue weighted by molar-refractivity contribution is -0.113. The molecule has 8 nitrogen and oxygen atoms in total. The summed E-state index contributed by atoms with van der Waals surface area (Å²) >= 11 is 1.35. The second-order valence-corrected chi connectivity index (χ2v) is 7.37. The van der Waals surface area contributed by atoms with Crippen LogP contribution in [0.3, 0.4) is 0 Å². The summed E-state index contributed by atoms with van der Waals surface area (Å²) in [6, 6.07) is 10.0. The van der Waals surface area contributed by atoms with Gasteiger partial charge in [0.05, 0.1) is 5.75 Å². The Morgan fingerprint density at radius 2 is 1.90 bits per heavy atom. The summed E-state index contributed by atoms with van der Waals surface area (Å²) in [5.74, 6) is 1.91. The van der Waals surface area contributed by atoms with Crippen molar-refractivity contribution in [3.63, 3.8) is 0 Å². The first-order valence-corrected chi connectivity index (χ1v) is 10.7. The van der Waals surface area contributed by atoms with Crippen molar-refractivity contribution < 1.29 is 9.32 Å². The van der Waals surface area contributed by atoms with Crippen LogP contribution < -0.4 is 10.2 Å². The number of benzene rings is 1. The van der Waals surface area contributed by atoms with Crippen molar-refractivity contribution in [2.24, 2.45) is 0 Å². The number of thioether (sulfide) groups is 1. The van der Waals surface area contributed by atoms with Crippen LogP contribution in [0.4, 0.5) is 11.5 Å². The number of carbonyl (C=O) groups excluding carboxylic acids is 1. The van der Waals surface area contributed by atoms with Crippen LogP contribution in [-0.4, -0.2) is 44.7 Å². The number of anilines is 2. The number of hydrogen-bond donors (Lipinski definition) is 1. The van der Waals surface area contributed by atoms with Gasteiger partial charge in [0, 0.05) is 37.0 Å². The van der Waals surface area contributed by atoms with Gasteiger partial charge in [-0.15, -0.1) is 10.2 Å². The highest BCUT2D eigenvalue weighted by molar-refractivity contribution is 7.99. The molecule has 0 spiro atoms. The molecule has 0 bridgehead atoms. The number of carbonyl (C=O) groups is 1. The van der Waals surface area contributed by atoms with E-state index in [0.717, 1.165) is 24.5 Å². The maximum absolute atomic E-state index is 12.2. The predicted molar refractivity (Wildman–Crippen MR) is 115 cm³/mol. The number of aryl methyl sites for hydroxylation is 1. The number of aromatic nitrogens is 4. The lowest BCUT2D eigenvalue weighted by Crippen LogP contribution is -2.21. The zero-order valence-electron chi connectivity index (χ0n) is 17.2. The van der Waals surface area contributed by atoms with E-state index in [1.807, 2.05) is 11.5 Å². The zero-order chi connectivity index (χ0) is 20.8. The van der Waals surface area contributed by atoms with Gasteiger partial charge in [0.15, 0.2) is 16.8 Å². The van der Waals surface area contributed by atoms with Gasteiger partial charge >= 0.3 is 0 Å². The second kappa shape index (κ2) is 9.60. The van der Waals surface area contributed by atoms with Crippen LogP contribution >= 0.6 is 11.8 Å². The third kappa shape index (κ3) is 4.97. The molecule has 0 fully saturated rings. The third-order valence-corrected chi connectivity index (χ3v) is 5.48. The summed E-state index contributed by atoms with van der Waals surface area (Å²) in [5, 5.41) is 15.8. The molecular weight excluding hydrogens is 388 g/mol. The number of nitrogens with zero attached hydrogens (tertiary/aromatic N) is 5. The smallest absolute Gasteiger partial charge is 0.236 e. The van der Waals surface area contributed by atoms with Crippen molar-refractivity contribution in [2.45, 2.75) is 39.4 Å². The highest BCUT2D eigenvalue weighted by atomic mass is 32.2. The van der Waals surface area contributed by atoms with Crippen molar-refractivity contribution in [3.05, 3.63) is 36.1 Å². The van der Waals surface area contributed by atoms with E-state index in [0.29, 0.717) is 23.3 Å². The van der Waals surface area contributed by atoms with Gasteiger partial charge in [0.2, 0.25) is 5.91 Å². The van der Waals surface area contributed by atoms with E-state index in [-0.39, 0.29) is 11.7 Å². The molecule has 0 aliphatic heterocycles. The topological polar surface area (TPSA) is 89.1 Å². The molecular formula is C20H26N6O2S. The standard InChI is InChI=1S/C20H26N6O2S/c1-5-25(6-2)16-10-8-15(9-11-16)19-22-23-20(26(19)7-3)29-13-18(27)21-17-12-14(4)28-24-17/h8-12H,5-7,13H2,1-4H3,(H,21,24,27). The molecule has 0 radical (unpaired) electrons. The van der Waals surface area contributed by atoms with Crippen molar-refractivity contribution in [1.82, 2.24) is 19.9 Å². The lowest BCUT2D eigenvalue weighted by Gasteiger charge is -2.21. The molecule has 0 unspecified atom stereocenters. The van der Waals surface area contributed by atoms with E-state index < -0.39 is 0 Å². The summed E-state index contributed by atoms with van der Waals surface area (Å²) in [7, 11) is 0. The molecule has 9 heteroatoms. The van der Waals surface area contributed by atoms with E-state index in [9.17, 15) is 4.79 Å². The molecule has 3 aromatic rings. The second-order valence-electron chi connectivity index (χ2n) is 6.43. The molecule has 0 atom stereocenters. The average molecular weight is 415 g/mol. The highest BCUT2D eigenvalue weighted by Crippen LogP contribution is 2.26. The predicted octanol–water partition coefficient (Wildman–Crippen LogP) is 3.84. The summed E-state index contributed by atoms with van der Waals surface area (Å²) in [6.45, 7) is 10.8. The normalized spacial score (nSPS) is 10.9. The summed E-state index contributed by atoms with van der Waals surface area (Å²) in [6.07, 6.45) is 0. The number of nitrogens with one attached hydrogen (secondary N) is 1. The van der Waals surface area contributed by atoms with Gasteiger partial charge in [-0.25, -0.2) is 0 Å². The molecule has 29 heavy (non-hydrogen) atoms. The Bertz CT molecular complexity index is 946. The van der Waals surface area contributed by atoms with Crippen LogP contribution in [-0.2, 0) is 11.3 Å². The van der Waals surface area contributed by atoms with Crippen LogP contribution in [0, 0.1) is 6.92 Å². The minimum Gasteiger partial charge on any atom is -0.372 e. The minimum atomic E-state index is -0.168. The summed E-state index contributed by atoms with van der Waals surface area (Å²) in [4.78, 5) is 14.5. The van der Waals surface area contributed by atoms with Gasteiger partial charge < -0.3 is 19.3 Å². The van der Waals surface area contributed by atoms with Crippen molar-refractivity contribution in [1.29, 1.82) is 0 Å². The quantitative estimate of drug-likeness (QED) is 0.532. The van der Waals surface area contributed by atoms with Crippen LogP contribution in [0.15, 0.2) is 40.0 Å². The first kappa shape index (κ1) is 20.9. The average Bonchev–Trinajstić information content (AvgIpc) is 3.33.